The van der Waals surface area contributed by atoms with Crippen LogP contribution in [0.3, 0.4) is 0 Å². The Morgan fingerprint density at radius 1 is 0.559 bits per heavy atom. The Kier molecular flexibility index (Phi) is 5.35. The highest BCUT2D eigenvalue weighted by Gasteiger charge is 2.19. The van der Waals surface area contributed by atoms with Crippen molar-refractivity contribution >= 4 is 43.6 Å². The molecule has 0 aliphatic heterocycles. The average Bonchev–Trinajstić information content (AvgIpc) is 2.82. The van der Waals surface area contributed by atoms with Gasteiger partial charge in [-0.15, -0.1) is 0 Å². The predicted molar refractivity (Wildman–Crippen MR) is 145 cm³/mol. The molecule has 0 spiro atoms. The van der Waals surface area contributed by atoms with Crippen LogP contribution in [0.5, 0.6) is 0 Å². The van der Waals surface area contributed by atoms with Crippen molar-refractivity contribution in [3.05, 3.63) is 80.1 Å². The molecule has 34 heavy (non-hydrogen) atoms. The first-order valence-corrected chi connectivity index (χ1v) is 12.4. The number of nitrogens with zero attached hydrogens (tertiary/aromatic N) is 2. The smallest absolute Gasteiger partial charge is 0.197 e. The number of pyridine rings is 2. The summed E-state index contributed by atoms with van der Waals surface area (Å²) in [4.78, 5) is 27.5. The number of aromatic nitrogens is 2. The van der Waals surface area contributed by atoms with E-state index in [-0.39, 0.29) is 22.9 Å². The van der Waals surface area contributed by atoms with Gasteiger partial charge < -0.3 is 9.13 Å². The number of hydrogen-bond acceptors (Lipinski definition) is 2. The van der Waals surface area contributed by atoms with Gasteiger partial charge in [0.2, 0.25) is 0 Å². The summed E-state index contributed by atoms with van der Waals surface area (Å²) in [7, 11) is 0. The fourth-order valence-corrected chi connectivity index (χ4v) is 5.38. The maximum absolute atomic E-state index is 13.7. The fraction of sp³-hybridized carbons (Fsp3) is 0.333. The van der Waals surface area contributed by atoms with Crippen molar-refractivity contribution in [3.63, 3.8) is 0 Å². The highest BCUT2D eigenvalue weighted by atomic mass is 16.1. The van der Waals surface area contributed by atoms with Crippen molar-refractivity contribution in [3.8, 4) is 0 Å². The van der Waals surface area contributed by atoms with Gasteiger partial charge in [-0.25, -0.2) is 0 Å². The molecule has 5 rings (SSSR count). The molecular weight excluding hydrogens is 420 g/mol. The summed E-state index contributed by atoms with van der Waals surface area (Å²) >= 11 is 0. The lowest BCUT2D eigenvalue weighted by atomic mass is 10.0. The summed E-state index contributed by atoms with van der Waals surface area (Å²) in [5.74, 6) is 0. The zero-order valence-corrected chi connectivity index (χ0v) is 20.9. The van der Waals surface area contributed by atoms with E-state index in [0.29, 0.717) is 10.8 Å². The molecule has 4 nitrogen and oxygen atoms in total. The normalized spacial score (nSPS) is 12.2. The van der Waals surface area contributed by atoms with Crippen molar-refractivity contribution < 1.29 is 0 Å². The summed E-state index contributed by atoms with van der Waals surface area (Å²) in [5.41, 5.74) is 5.96. The number of benzene rings is 3. The van der Waals surface area contributed by atoms with E-state index in [9.17, 15) is 9.59 Å². The molecule has 0 saturated heterocycles. The van der Waals surface area contributed by atoms with Gasteiger partial charge in [0.05, 0.1) is 22.1 Å². The van der Waals surface area contributed by atoms with Gasteiger partial charge in [-0.1, -0.05) is 26.0 Å². The summed E-state index contributed by atoms with van der Waals surface area (Å²) in [6, 6.07) is 16.4. The molecule has 174 valence electrons. The fourth-order valence-electron chi connectivity index (χ4n) is 5.38. The molecule has 0 N–H and O–H groups in total. The predicted octanol–water partition coefficient (Wildman–Crippen LogP) is 6.91. The first-order valence-electron chi connectivity index (χ1n) is 12.4. The Morgan fingerprint density at radius 3 is 1.24 bits per heavy atom. The van der Waals surface area contributed by atoms with Crippen molar-refractivity contribution in [2.45, 2.75) is 66.5 Å². The second kappa shape index (κ2) is 8.12. The van der Waals surface area contributed by atoms with E-state index in [4.69, 9.17) is 0 Å². The largest absolute Gasteiger partial charge is 0.338 e. The van der Waals surface area contributed by atoms with Crippen molar-refractivity contribution in [2.24, 2.45) is 0 Å². The van der Waals surface area contributed by atoms with E-state index in [2.05, 4.69) is 62.8 Å². The van der Waals surface area contributed by atoms with Gasteiger partial charge in [-0.05, 0) is 88.1 Å². The topological polar surface area (TPSA) is 44.0 Å². The molecule has 0 aliphatic rings. The summed E-state index contributed by atoms with van der Waals surface area (Å²) in [6.45, 7) is 12.8. The molecule has 0 amide bonds. The van der Waals surface area contributed by atoms with Gasteiger partial charge >= 0.3 is 0 Å². The molecule has 0 radical (unpaired) electrons. The second-order valence-electron chi connectivity index (χ2n) is 9.88. The number of rotatable bonds is 4. The van der Waals surface area contributed by atoms with E-state index in [0.717, 1.165) is 45.7 Å². The lowest BCUT2D eigenvalue weighted by molar-refractivity contribution is 0.636. The van der Waals surface area contributed by atoms with Crippen molar-refractivity contribution in [1.82, 2.24) is 9.13 Å². The minimum Gasteiger partial charge on any atom is -0.338 e. The van der Waals surface area contributed by atoms with Gasteiger partial charge in [-0.3, -0.25) is 9.59 Å². The lowest BCUT2D eigenvalue weighted by Gasteiger charge is -2.22. The minimum atomic E-state index is 0.0246. The van der Waals surface area contributed by atoms with Gasteiger partial charge in [0.15, 0.2) is 10.9 Å². The van der Waals surface area contributed by atoms with Gasteiger partial charge in [0.1, 0.15) is 0 Å². The number of fused-ring (bicyclic) bond motifs is 4. The van der Waals surface area contributed by atoms with Crippen molar-refractivity contribution in [1.29, 1.82) is 0 Å². The second-order valence-corrected chi connectivity index (χ2v) is 9.88. The Hall–Kier alpha value is -3.40. The van der Waals surface area contributed by atoms with Crippen LogP contribution >= 0.6 is 0 Å². The minimum absolute atomic E-state index is 0.0246. The van der Waals surface area contributed by atoms with Crippen LogP contribution in [0.1, 0.15) is 64.8 Å². The molecule has 4 heteroatoms. The van der Waals surface area contributed by atoms with Crippen LogP contribution in [0.25, 0.3) is 43.6 Å². The third kappa shape index (κ3) is 3.19. The number of hydrogen-bond donors (Lipinski definition) is 0. The van der Waals surface area contributed by atoms with Crippen LogP contribution in [-0.4, -0.2) is 9.13 Å². The summed E-state index contributed by atoms with van der Waals surface area (Å²) < 4.78 is 4.43. The molecule has 0 aliphatic carbocycles. The molecule has 2 heterocycles. The molecule has 3 aromatic carbocycles. The van der Waals surface area contributed by atoms with Gasteiger partial charge in [0, 0.05) is 33.6 Å². The molecule has 0 atom stereocenters. The van der Waals surface area contributed by atoms with E-state index >= 15 is 0 Å². The van der Waals surface area contributed by atoms with Crippen LogP contribution < -0.4 is 10.9 Å². The molecule has 5 aromatic rings. The molecule has 2 aromatic heterocycles. The molecule has 0 fully saturated rings. The van der Waals surface area contributed by atoms with Crippen molar-refractivity contribution in [2.75, 3.05) is 0 Å². The zero-order valence-electron chi connectivity index (χ0n) is 20.9. The summed E-state index contributed by atoms with van der Waals surface area (Å²) in [6.07, 6.45) is 1.81. The molecule has 0 unspecified atom stereocenters. The average molecular weight is 453 g/mol. The number of aryl methyl sites for hydroxylation is 2. The SMILES string of the molecule is CCc1ccc2c(=O)c3cc4c(cc3n(C(C)C)c2c1)c(=O)c1ccc(CC)cc1n4C(C)C. The van der Waals surface area contributed by atoms with Gasteiger partial charge in [0.25, 0.3) is 0 Å². The van der Waals surface area contributed by atoms with Crippen LogP contribution in [0.15, 0.2) is 58.1 Å². The Morgan fingerprint density at radius 2 is 0.912 bits per heavy atom. The molecule has 0 saturated carbocycles. The standard InChI is InChI=1S/C30H32N2O2/c1-7-19-9-11-21-25(13-19)31(17(3)4)27-15-24-28(16-23(27)29(21)33)32(18(5)6)26-14-20(8-2)10-12-22(26)30(24)34/h9-18H,7-8H2,1-6H3. The highest BCUT2D eigenvalue weighted by Crippen LogP contribution is 2.30. The Bertz CT molecular complexity index is 1590. The Labute approximate surface area is 199 Å². The molecule has 0 bridgehead atoms. The third-order valence-corrected chi connectivity index (χ3v) is 7.10. The summed E-state index contributed by atoms with van der Waals surface area (Å²) in [5, 5.41) is 2.78. The van der Waals surface area contributed by atoms with Crippen LogP contribution in [-0.2, 0) is 12.8 Å². The van der Waals surface area contributed by atoms with Crippen LogP contribution in [0.4, 0.5) is 0 Å². The van der Waals surface area contributed by atoms with E-state index < -0.39 is 0 Å². The third-order valence-electron chi connectivity index (χ3n) is 7.10. The molecular formula is C30H32N2O2. The van der Waals surface area contributed by atoms with E-state index in [1.807, 2.05) is 36.4 Å². The quantitative estimate of drug-likeness (QED) is 0.278. The maximum atomic E-state index is 13.7. The maximum Gasteiger partial charge on any atom is 0.197 e. The van der Waals surface area contributed by atoms with Gasteiger partial charge in [-0.2, -0.15) is 0 Å². The first-order chi connectivity index (χ1) is 16.3. The van der Waals surface area contributed by atoms with E-state index in [1.54, 1.807) is 0 Å². The Balaban J connectivity index is 2.07. The zero-order chi connectivity index (χ0) is 24.3. The monoisotopic (exact) mass is 452 g/mol. The van der Waals surface area contributed by atoms with E-state index in [1.165, 1.54) is 11.1 Å². The van der Waals surface area contributed by atoms with Crippen LogP contribution in [0, 0.1) is 0 Å². The lowest BCUT2D eigenvalue weighted by Crippen LogP contribution is -2.17. The highest BCUT2D eigenvalue weighted by molar-refractivity contribution is 6.04. The van der Waals surface area contributed by atoms with Crippen LogP contribution in [0.2, 0.25) is 0 Å². The first kappa shape index (κ1) is 22.4.